The number of halogens is 1. The Hall–Kier alpha value is -5.41. The molecular weight excluding hydrogens is 649 g/mol. The number of hydrogen-bond acceptors (Lipinski definition) is 8. The number of amides is 3. The summed E-state index contributed by atoms with van der Waals surface area (Å²) in [5.41, 5.74) is 4.16. The van der Waals surface area contributed by atoms with E-state index in [0.29, 0.717) is 54.3 Å². The summed E-state index contributed by atoms with van der Waals surface area (Å²) < 4.78 is 20.4. The molecule has 11 nitrogen and oxygen atoms in total. The fourth-order valence-electron chi connectivity index (χ4n) is 7.84. The predicted octanol–water partition coefficient (Wildman–Crippen LogP) is 4.20. The number of aromatic nitrogens is 2. The molecule has 3 atom stereocenters. The quantitative estimate of drug-likeness (QED) is 0.259. The highest BCUT2D eigenvalue weighted by atomic mass is 19.1. The maximum Gasteiger partial charge on any atom is 0.253 e. The minimum Gasteiger partial charge on any atom is -0.419 e. The Bertz CT molecular complexity index is 1980. The number of rotatable bonds is 9. The molecule has 0 spiro atoms. The molecule has 1 aliphatic heterocycles. The first-order valence-corrected chi connectivity index (χ1v) is 17.2. The van der Waals surface area contributed by atoms with E-state index in [-0.39, 0.29) is 42.0 Å². The Labute approximate surface area is 296 Å². The largest absolute Gasteiger partial charge is 0.419 e. The highest BCUT2D eigenvalue weighted by molar-refractivity contribution is 5.95. The van der Waals surface area contributed by atoms with Gasteiger partial charge in [0, 0.05) is 50.9 Å². The maximum atomic E-state index is 13.8. The molecule has 0 bridgehead atoms. The van der Waals surface area contributed by atoms with Crippen LogP contribution in [0.1, 0.15) is 68.1 Å². The summed E-state index contributed by atoms with van der Waals surface area (Å²) in [4.78, 5) is 44.5. The highest BCUT2D eigenvalue weighted by Gasteiger charge is 2.54. The van der Waals surface area contributed by atoms with Gasteiger partial charge in [-0.2, -0.15) is 5.26 Å². The summed E-state index contributed by atoms with van der Waals surface area (Å²) in [6.45, 7) is 0.420. The van der Waals surface area contributed by atoms with Crippen molar-refractivity contribution in [1.29, 1.82) is 5.26 Å². The fourth-order valence-corrected chi connectivity index (χ4v) is 7.84. The van der Waals surface area contributed by atoms with Crippen molar-refractivity contribution in [3.63, 3.8) is 0 Å². The van der Waals surface area contributed by atoms with Crippen LogP contribution in [0.2, 0.25) is 0 Å². The van der Waals surface area contributed by atoms with E-state index in [1.54, 1.807) is 57.4 Å². The summed E-state index contributed by atoms with van der Waals surface area (Å²) in [6.07, 6.45) is 3.21. The van der Waals surface area contributed by atoms with Crippen molar-refractivity contribution in [1.82, 2.24) is 30.2 Å². The number of nitrogens with one attached hydrogen (secondary N) is 1. The van der Waals surface area contributed by atoms with Crippen molar-refractivity contribution in [3.05, 3.63) is 106 Å². The van der Waals surface area contributed by atoms with Crippen LogP contribution < -0.4 is 5.32 Å². The first kappa shape index (κ1) is 34.1. The Morgan fingerprint density at radius 3 is 2.10 bits per heavy atom. The van der Waals surface area contributed by atoms with Crippen LogP contribution in [-0.2, 0) is 23.1 Å². The molecule has 1 unspecified atom stereocenters. The zero-order valence-corrected chi connectivity index (χ0v) is 29.1. The zero-order chi connectivity index (χ0) is 36.0. The third-order valence-corrected chi connectivity index (χ3v) is 10.5. The van der Waals surface area contributed by atoms with Crippen molar-refractivity contribution < 1.29 is 23.2 Å². The van der Waals surface area contributed by atoms with Gasteiger partial charge in [-0.15, -0.1) is 10.2 Å². The van der Waals surface area contributed by atoms with Crippen molar-refractivity contribution >= 4 is 17.7 Å². The first-order valence-electron chi connectivity index (χ1n) is 17.2. The van der Waals surface area contributed by atoms with E-state index in [1.165, 1.54) is 21.9 Å². The van der Waals surface area contributed by atoms with E-state index >= 15 is 0 Å². The zero-order valence-electron chi connectivity index (χ0n) is 29.1. The van der Waals surface area contributed by atoms with Crippen LogP contribution in [0.15, 0.2) is 65.1 Å². The Morgan fingerprint density at radius 1 is 0.922 bits per heavy atom. The van der Waals surface area contributed by atoms with Crippen LogP contribution in [0, 0.1) is 23.1 Å². The van der Waals surface area contributed by atoms with Crippen LogP contribution in [0.5, 0.6) is 0 Å². The Morgan fingerprint density at radius 2 is 1.53 bits per heavy atom. The smallest absolute Gasteiger partial charge is 0.253 e. The first-order chi connectivity index (χ1) is 24.5. The molecule has 3 aliphatic rings. The molecule has 1 N–H and O–H groups in total. The molecule has 1 saturated carbocycles. The fraction of sp³-hybridized carbons (Fsp3) is 0.385. The summed E-state index contributed by atoms with van der Waals surface area (Å²) in [6, 6.07) is 19.2. The molecular formula is C39H40FN7O4. The van der Waals surface area contributed by atoms with Crippen LogP contribution in [0.4, 0.5) is 4.39 Å². The molecule has 4 aromatic rings. The van der Waals surface area contributed by atoms with Crippen LogP contribution in [0.25, 0.3) is 11.5 Å². The van der Waals surface area contributed by atoms with Crippen LogP contribution in [-0.4, -0.2) is 96.0 Å². The van der Waals surface area contributed by atoms with Gasteiger partial charge in [-0.3, -0.25) is 14.4 Å². The van der Waals surface area contributed by atoms with Gasteiger partial charge < -0.3 is 24.4 Å². The average Bonchev–Trinajstić information content (AvgIpc) is 3.56. The lowest BCUT2D eigenvalue weighted by atomic mass is 9.69. The molecule has 2 heterocycles. The maximum absolute atomic E-state index is 13.8. The van der Waals surface area contributed by atoms with Crippen molar-refractivity contribution in [2.24, 2.45) is 5.92 Å². The van der Waals surface area contributed by atoms with E-state index in [1.807, 2.05) is 24.3 Å². The second kappa shape index (κ2) is 13.4. The third-order valence-electron chi connectivity index (χ3n) is 10.5. The SMILES string of the molecule is CN(C)C(=O)c1ccc2c(c1)CCc1cc(C(=O)N(C)C)ccc1C2(CCNCC(=O)N1C(C#N)C[C@@H]2C[C@@H]21)c1nnc(-c2ccc(F)cc2)o1. The molecule has 1 saturated heterocycles. The van der Waals surface area contributed by atoms with E-state index in [0.717, 1.165) is 35.1 Å². The van der Waals surface area contributed by atoms with Gasteiger partial charge in [-0.25, -0.2) is 4.39 Å². The minimum absolute atomic E-state index is 0.0639. The van der Waals surface area contributed by atoms with Gasteiger partial charge in [0.25, 0.3) is 11.8 Å². The Balaban J connectivity index is 1.33. The number of aryl methyl sites for hydroxylation is 2. The van der Waals surface area contributed by atoms with Gasteiger partial charge in [0.2, 0.25) is 17.7 Å². The molecule has 3 aromatic carbocycles. The lowest BCUT2D eigenvalue weighted by molar-refractivity contribution is -0.131. The minimum atomic E-state index is -1.06. The number of carbonyl (C=O) groups is 3. The van der Waals surface area contributed by atoms with Crippen molar-refractivity contribution in [3.8, 4) is 17.5 Å². The third kappa shape index (κ3) is 6.16. The van der Waals surface area contributed by atoms with Gasteiger partial charge in [-0.1, -0.05) is 12.1 Å². The van der Waals surface area contributed by atoms with Crippen LogP contribution in [0.3, 0.4) is 0 Å². The van der Waals surface area contributed by atoms with Crippen LogP contribution >= 0.6 is 0 Å². The van der Waals surface area contributed by atoms with Crippen molar-refractivity contribution in [2.75, 3.05) is 41.3 Å². The van der Waals surface area contributed by atoms with Gasteiger partial charge in [0.15, 0.2) is 0 Å². The summed E-state index contributed by atoms with van der Waals surface area (Å²) in [5, 5.41) is 22.1. The van der Waals surface area contributed by atoms with E-state index in [2.05, 4.69) is 21.6 Å². The second-order valence-electron chi connectivity index (χ2n) is 14.1. The molecule has 12 heteroatoms. The number of carbonyl (C=O) groups excluding carboxylic acids is 3. The molecule has 3 amide bonds. The van der Waals surface area contributed by atoms with E-state index in [9.17, 15) is 24.0 Å². The molecule has 7 rings (SSSR count). The monoisotopic (exact) mass is 689 g/mol. The van der Waals surface area contributed by atoms with Crippen molar-refractivity contribution in [2.45, 2.75) is 49.6 Å². The van der Waals surface area contributed by atoms with Gasteiger partial charge in [0.1, 0.15) is 17.3 Å². The second-order valence-corrected chi connectivity index (χ2v) is 14.1. The van der Waals surface area contributed by atoms with Gasteiger partial charge in [0.05, 0.1) is 12.6 Å². The Kier molecular flexibility index (Phi) is 8.93. The van der Waals surface area contributed by atoms with Gasteiger partial charge >= 0.3 is 0 Å². The van der Waals surface area contributed by atoms with Gasteiger partial charge in [-0.05, 0) is 115 Å². The number of fused-ring (bicyclic) bond motifs is 3. The van der Waals surface area contributed by atoms with E-state index < -0.39 is 11.5 Å². The standard InChI is InChI=1S/C39H40FN7O4/c1-45(2)36(49)26-9-13-31-24(17-26)5-6-25-18-27(37(50)46(3)4)10-14-32(25)39(31,38-44-43-35(51-38)23-7-11-29(40)12-8-23)15-16-42-22-34(48)47-30(21-41)19-28-20-33(28)47/h7-14,17-18,28,30,33,42H,5-6,15-16,19-20,22H2,1-4H3/t28-,30?,33+/m1/s1. The molecule has 1 aromatic heterocycles. The number of nitriles is 1. The number of hydrogen-bond donors (Lipinski definition) is 1. The number of nitrogens with zero attached hydrogens (tertiary/aromatic N) is 6. The molecule has 2 fully saturated rings. The number of benzene rings is 3. The summed E-state index contributed by atoms with van der Waals surface area (Å²) in [5.74, 6) is 0.184. The average molecular weight is 690 g/mol. The summed E-state index contributed by atoms with van der Waals surface area (Å²) >= 11 is 0. The molecule has 2 aliphatic carbocycles. The molecule has 262 valence electrons. The number of likely N-dealkylation sites (tertiary alicyclic amines) is 1. The highest BCUT2D eigenvalue weighted by Crippen LogP contribution is 2.49. The normalized spacial score (nSPS) is 19.6. The lowest BCUT2D eigenvalue weighted by Gasteiger charge is -2.34. The topological polar surface area (TPSA) is 136 Å². The predicted molar refractivity (Wildman–Crippen MR) is 186 cm³/mol. The molecule has 0 radical (unpaired) electrons. The molecule has 51 heavy (non-hydrogen) atoms. The summed E-state index contributed by atoms with van der Waals surface area (Å²) in [7, 11) is 6.85. The number of piperidine rings is 1. The van der Waals surface area contributed by atoms with E-state index in [4.69, 9.17) is 4.42 Å². The lowest BCUT2D eigenvalue weighted by Crippen LogP contribution is -2.44.